The van der Waals surface area contributed by atoms with E-state index in [0.29, 0.717) is 29.6 Å². The minimum atomic E-state index is -0.224. The zero-order chi connectivity index (χ0) is 13.0. The molecule has 1 aromatic carbocycles. The second-order valence-corrected chi connectivity index (χ2v) is 4.30. The number of pyridine rings is 1. The molecule has 1 aromatic heterocycles. The minimum Gasteiger partial charge on any atom is -0.399 e. The van der Waals surface area contributed by atoms with E-state index in [-0.39, 0.29) is 5.82 Å². The molecule has 0 atom stereocenters. The lowest BCUT2D eigenvalue weighted by Gasteiger charge is -2.07. The topological polar surface area (TPSA) is 50.9 Å². The molecule has 3 N–H and O–H groups in total. The number of rotatable bonds is 4. The number of nitrogens with one attached hydrogen (secondary N) is 1. The lowest BCUT2D eigenvalue weighted by molar-refractivity contribution is 0.625. The number of benzene rings is 1. The number of hydrogen-bond donors (Lipinski definition) is 2. The molecule has 0 aliphatic carbocycles. The van der Waals surface area contributed by atoms with Crippen LogP contribution in [0.3, 0.4) is 0 Å². The SMILES string of the molecule is Nc1cc(Cl)nc(NCCc2cccc(F)c2)c1. The number of halogens is 2. The maximum Gasteiger partial charge on any atom is 0.133 e. The summed E-state index contributed by atoms with van der Waals surface area (Å²) < 4.78 is 13.0. The highest BCUT2D eigenvalue weighted by molar-refractivity contribution is 6.29. The number of nitrogen functional groups attached to an aromatic ring is 1. The molecule has 1 heterocycles. The lowest BCUT2D eigenvalue weighted by atomic mass is 10.1. The van der Waals surface area contributed by atoms with Crippen molar-refractivity contribution >= 4 is 23.1 Å². The highest BCUT2D eigenvalue weighted by Gasteiger charge is 1.99. The molecule has 94 valence electrons. The molecule has 0 saturated heterocycles. The smallest absolute Gasteiger partial charge is 0.133 e. The van der Waals surface area contributed by atoms with Crippen LogP contribution in [-0.4, -0.2) is 11.5 Å². The summed E-state index contributed by atoms with van der Waals surface area (Å²) in [7, 11) is 0. The van der Waals surface area contributed by atoms with Crippen LogP contribution < -0.4 is 11.1 Å². The number of nitrogens with zero attached hydrogens (tertiary/aromatic N) is 1. The minimum absolute atomic E-state index is 0.224. The van der Waals surface area contributed by atoms with Gasteiger partial charge in [-0.05, 0) is 30.2 Å². The molecular formula is C13H13ClFN3. The molecule has 0 saturated carbocycles. The van der Waals surface area contributed by atoms with Crippen LogP contribution in [0.5, 0.6) is 0 Å². The van der Waals surface area contributed by atoms with Crippen LogP contribution in [0.25, 0.3) is 0 Å². The van der Waals surface area contributed by atoms with Gasteiger partial charge in [0.05, 0.1) is 0 Å². The molecule has 18 heavy (non-hydrogen) atoms. The van der Waals surface area contributed by atoms with Crippen molar-refractivity contribution in [3.63, 3.8) is 0 Å². The van der Waals surface area contributed by atoms with E-state index >= 15 is 0 Å². The maximum absolute atomic E-state index is 13.0. The van der Waals surface area contributed by atoms with Crippen LogP contribution >= 0.6 is 11.6 Å². The van der Waals surface area contributed by atoms with E-state index in [0.717, 1.165) is 5.56 Å². The monoisotopic (exact) mass is 265 g/mol. The van der Waals surface area contributed by atoms with Gasteiger partial charge in [-0.25, -0.2) is 9.37 Å². The van der Waals surface area contributed by atoms with E-state index in [4.69, 9.17) is 17.3 Å². The Morgan fingerprint density at radius 3 is 2.83 bits per heavy atom. The molecule has 3 nitrogen and oxygen atoms in total. The van der Waals surface area contributed by atoms with Gasteiger partial charge in [0.1, 0.15) is 16.8 Å². The van der Waals surface area contributed by atoms with Gasteiger partial charge in [-0.15, -0.1) is 0 Å². The maximum atomic E-state index is 13.0. The van der Waals surface area contributed by atoms with Crippen molar-refractivity contribution in [2.45, 2.75) is 6.42 Å². The highest BCUT2D eigenvalue weighted by Crippen LogP contribution is 2.15. The summed E-state index contributed by atoms with van der Waals surface area (Å²) in [6.07, 6.45) is 0.700. The Labute approximate surface area is 110 Å². The third kappa shape index (κ3) is 3.60. The summed E-state index contributed by atoms with van der Waals surface area (Å²) in [6.45, 7) is 0.635. The van der Waals surface area contributed by atoms with Crippen molar-refractivity contribution in [2.24, 2.45) is 0 Å². The van der Waals surface area contributed by atoms with Gasteiger partial charge < -0.3 is 11.1 Å². The van der Waals surface area contributed by atoms with E-state index in [1.807, 2.05) is 6.07 Å². The van der Waals surface area contributed by atoms with Gasteiger partial charge in [0.15, 0.2) is 0 Å². The molecule has 0 aliphatic rings. The van der Waals surface area contributed by atoms with E-state index in [9.17, 15) is 4.39 Å². The predicted molar refractivity (Wildman–Crippen MR) is 72.3 cm³/mol. The summed E-state index contributed by atoms with van der Waals surface area (Å²) in [6, 6.07) is 9.80. The molecule has 0 fully saturated rings. The summed E-state index contributed by atoms with van der Waals surface area (Å²) in [5.41, 5.74) is 7.13. The van der Waals surface area contributed by atoms with Gasteiger partial charge in [-0.1, -0.05) is 23.7 Å². The van der Waals surface area contributed by atoms with Crippen molar-refractivity contribution in [1.82, 2.24) is 4.98 Å². The predicted octanol–water partition coefficient (Wildman–Crippen LogP) is 3.11. The van der Waals surface area contributed by atoms with Crippen LogP contribution in [0.15, 0.2) is 36.4 Å². The quantitative estimate of drug-likeness (QED) is 0.835. The molecule has 5 heteroatoms. The van der Waals surface area contributed by atoms with Crippen molar-refractivity contribution in [3.05, 3.63) is 52.9 Å². The van der Waals surface area contributed by atoms with E-state index in [1.165, 1.54) is 12.1 Å². The molecule has 2 rings (SSSR count). The van der Waals surface area contributed by atoms with E-state index < -0.39 is 0 Å². The largest absolute Gasteiger partial charge is 0.399 e. The van der Waals surface area contributed by atoms with Crippen LogP contribution in [0, 0.1) is 5.82 Å². The summed E-state index contributed by atoms with van der Waals surface area (Å²) in [5.74, 6) is 0.397. The number of aromatic nitrogens is 1. The van der Waals surface area contributed by atoms with E-state index in [1.54, 1.807) is 18.2 Å². The van der Waals surface area contributed by atoms with Gasteiger partial charge in [-0.3, -0.25) is 0 Å². The van der Waals surface area contributed by atoms with Crippen LogP contribution in [0.4, 0.5) is 15.9 Å². The van der Waals surface area contributed by atoms with Crippen molar-refractivity contribution in [3.8, 4) is 0 Å². The molecular weight excluding hydrogens is 253 g/mol. The van der Waals surface area contributed by atoms with Gasteiger partial charge in [-0.2, -0.15) is 0 Å². The molecule has 0 amide bonds. The fraction of sp³-hybridized carbons (Fsp3) is 0.154. The normalized spacial score (nSPS) is 10.3. The second-order valence-electron chi connectivity index (χ2n) is 3.92. The third-order valence-corrected chi connectivity index (χ3v) is 2.62. The fourth-order valence-electron chi connectivity index (χ4n) is 1.63. The zero-order valence-corrected chi connectivity index (χ0v) is 10.4. The fourth-order valence-corrected chi connectivity index (χ4v) is 1.85. The first-order valence-corrected chi connectivity index (χ1v) is 5.92. The highest BCUT2D eigenvalue weighted by atomic mass is 35.5. The molecule has 0 bridgehead atoms. The summed E-state index contributed by atoms with van der Waals surface area (Å²) >= 11 is 5.79. The van der Waals surface area contributed by atoms with E-state index in [2.05, 4.69) is 10.3 Å². The number of hydrogen-bond acceptors (Lipinski definition) is 3. The first-order valence-electron chi connectivity index (χ1n) is 5.55. The Bertz CT molecular complexity index is 525. The van der Waals surface area contributed by atoms with Crippen LogP contribution in [0.1, 0.15) is 5.56 Å². The summed E-state index contributed by atoms with van der Waals surface area (Å²) in [4.78, 5) is 4.08. The molecule has 2 aromatic rings. The lowest BCUT2D eigenvalue weighted by Crippen LogP contribution is -2.07. The Kier molecular flexibility index (Phi) is 3.99. The van der Waals surface area contributed by atoms with Gasteiger partial charge in [0.25, 0.3) is 0 Å². The molecule has 0 unspecified atom stereocenters. The molecule has 0 spiro atoms. The number of nitrogens with two attached hydrogens (primary N) is 1. The Balaban J connectivity index is 1.92. The second kappa shape index (κ2) is 5.69. The molecule has 0 aliphatic heterocycles. The van der Waals surface area contributed by atoms with Gasteiger partial charge >= 0.3 is 0 Å². The standard InChI is InChI=1S/C13H13ClFN3/c14-12-7-11(16)8-13(18-12)17-5-4-9-2-1-3-10(15)6-9/h1-3,6-8H,4-5H2,(H3,16,17,18). The third-order valence-electron chi connectivity index (χ3n) is 2.43. The zero-order valence-electron chi connectivity index (χ0n) is 9.66. The van der Waals surface area contributed by atoms with Crippen molar-refractivity contribution in [2.75, 3.05) is 17.6 Å². The Hall–Kier alpha value is -1.81. The van der Waals surface area contributed by atoms with Gasteiger partial charge in [0, 0.05) is 18.3 Å². The summed E-state index contributed by atoms with van der Waals surface area (Å²) in [5, 5.41) is 3.45. The first-order chi connectivity index (χ1) is 8.63. The Morgan fingerprint density at radius 1 is 1.28 bits per heavy atom. The first kappa shape index (κ1) is 12.6. The van der Waals surface area contributed by atoms with Crippen LogP contribution in [-0.2, 0) is 6.42 Å². The van der Waals surface area contributed by atoms with Crippen LogP contribution in [0.2, 0.25) is 5.15 Å². The average Bonchev–Trinajstić information content (AvgIpc) is 2.27. The van der Waals surface area contributed by atoms with Gasteiger partial charge in [0.2, 0.25) is 0 Å². The molecule has 0 radical (unpaired) electrons. The Morgan fingerprint density at radius 2 is 2.11 bits per heavy atom. The van der Waals surface area contributed by atoms with Crippen molar-refractivity contribution in [1.29, 1.82) is 0 Å². The number of anilines is 2. The van der Waals surface area contributed by atoms with Crippen molar-refractivity contribution < 1.29 is 4.39 Å². The average molecular weight is 266 g/mol.